The van der Waals surface area contributed by atoms with Gasteiger partial charge in [-0.05, 0) is 39.7 Å². The highest BCUT2D eigenvalue weighted by atomic mass is 79.9. The molecule has 2 heterocycles. The number of hydrogen-bond acceptors (Lipinski definition) is 3. The van der Waals surface area contributed by atoms with Gasteiger partial charge in [0.05, 0.1) is 3.79 Å². The zero-order valence-corrected chi connectivity index (χ0v) is 12.4. The van der Waals surface area contributed by atoms with Gasteiger partial charge in [-0.1, -0.05) is 18.2 Å². The van der Waals surface area contributed by atoms with E-state index in [1.165, 1.54) is 19.1 Å². The van der Waals surface area contributed by atoms with E-state index in [9.17, 15) is 0 Å². The largest absolute Gasteiger partial charge is 0.304 e. The van der Waals surface area contributed by atoms with Crippen LogP contribution in [0.4, 0.5) is 0 Å². The van der Waals surface area contributed by atoms with Crippen LogP contribution in [0.5, 0.6) is 0 Å². The van der Waals surface area contributed by atoms with Gasteiger partial charge in [0.25, 0.3) is 0 Å². The van der Waals surface area contributed by atoms with Crippen LogP contribution in [0.25, 0.3) is 0 Å². The van der Waals surface area contributed by atoms with Gasteiger partial charge < -0.3 is 5.32 Å². The molecule has 1 aromatic heterocycles. The Balaban J connectivity index is 1.68. The van der Waals surface area contributed by atoms with Gasteiger partial charge in [0, 0.05) is 28.1 Å². The number of rotatable bonds is 3. The summed E-state index contributed by atoms with van der Waals surface area (Å²) in [5.41, 5.74) is 1.45. The first kappa shape index (κ1) is 11.8. The highest BCUT2D eigenvalue weighted by Crippen LogP contribution is 2.38. The summed E-state index contributed by atoms with van der Waals surface area (Å²) in [7, 11) is 0. The molecule has 1 atom stereocenters. The minimum atomic E-state index is 0.497. The summed E-state index contributed by atoms with van der Waals surface area (Å²) in [4.78, 5) is 2.81. The van der Waals surface area contributed by atoms with Gasteiger partial charge in [-0.25, -0.2) is 0 Å². The van der Waals surface area contributed by atoms with E-state index in [1.807, 2.05) is 11.8 Å². The lowest BCUT2D eigenvalue weighted by Crippen LogP contribution is -2.19. The van der Waals surface area contributed by atoms with Crippen LogP contribution in [0.3, 0.4) is 0 Å². The minimum Gasteiger partial charge on any atom is -0.304 e. The van der Waals surface area contributed by atoms with Gasteiger partial charge in [-0.15, -0.1) is 23.1 Å². The van der Waals surface area contributed by atoms with Crippen molar-refractivity contribution in [2.75, 3.05) is 5.75 Å². The van der Waals surface area contributed by atoms with Crippen LogP contribution in [0, 0.1) is 0 Å². The molecule has 0 radical (unpaired) electrons. The van der Waals surface area contributed by atoms with E-state index in [-0.39, 0.29) is 0 Å². The molecule has 0 fully saturated rings. The third-order valence-electron chi connectivity index (χ3n) is 2.85. The third-order valence-corrected chi connectivity index (χ3v) is 5.66. The number of benzene rings is 1. The Hall–Kier alpha value is -0.290. The van der Waals surface area contributed by atoms with Crippen LogP contribution >= 0.6 is 39.0 Å². The molecule has 1 N–H and O–H groups in total. The summed E-state index contributed by atoms with van der Waals surface area (Å²) in [5.74, 6) is 1.14. The Morgan fingerprint density at radius 1 is 1.24 bits per heavy atom. The standard InChI is InChI=1S/C13H12BrNS2/c14-13-6-5-9(17-13)7-15-11-8-16-12-4-2-1-3-10(11)12/h1-6,11,15H,7-8H2. The van der Waals surface area contributed by atoms with Crippen molar-refractivity contribution >= 4 is 39.0 Å². The first-order valence-corrected chi connectivity index (χ1v) is 8.12. The highest BCUT2D eigenvalue weighted by Gasteiger charge is 2.21. The molecule has 3 rings (SSSR count). The van der Waals surface area contributed by atoms with E-state index in [1.54, 1.807) is 11.3 Å². The second kappa shape index (κ2) is 5.14. The molecule has 0 bridgehead atoms. The monoisotopic (exact) mass is 325 g/mol. The molecule has 17 heavy (non-hydrogen) atoms. The second-order valence-electron chi connectivity index (χ2n) is 3.99. The number of halogens is 1. The second-order valence-corrected chi connectivity index (χ2v) is 7.60. The average Bonchev–Trinajstić information content (AvgIpc) is 2.93. The van der Waals surface area contributed by atoms with Crippen molar-refractivity contribution in [2.45, 2.75) is 17.5 Å². The van der Waals surface area contributed by atoms with Gasteiger partial charge in [0.1, 0.15) is 0 Å². The van der Waals surface area contributed by atoms with Gasteiger partial charge in [-0.2, -0.15) is 0 Å². The number of thiophene rings is 1. The number of thioether (sulfide) groups is 1. The molecule has 0 spiro atoms. The van der Waals surface area contributed by atoms with Crippen LogP contribution in [0.2, 0.25) is 0 Å². The number of hydrogen-bond donors (Lipinski definition) is 1. The SMILES string of the molecule is Brc1ccc(CNC2CSc3ccccc32)s1. The summed E-state index contributed by atoms with van der Waals surface area (Å²) in [6.07, 6.45) is 0. The van der Waals surface area contributed by atoms with Crippen LogP contribution in [-0.2, 0) is 6.54 Å². The molecule has 0 aliphatic carbocycles. The van der Waals surface area contributed by atoms with Crippen LogP contribution in [0.15, 0.2) is 45.1 Å². The van der Waals surface area contributed by atoms with Gasteiger partial charge >= 0.3 is 0 Å². The lowest BCUT2D eigenvalue weighted by molar-refractivity contribution is 0.588. The summed E-state index contributed by atoms with van der Waals surface area (Å²) >= 11 is 7.25. The van der Waals surface area contributed by atoms with Crippen LogP contribution in [-0.4, -0.2) is 5.75 Å². The topological polar surface area (TPSA) is 12.0 Å². The normalized spacial score (nSPS) is 18.3. The Morgan fingerprint density at radius 3 is 2.94 bits per heavy atom. The van der Waals surface area contributed by atoms with E-state index >= 15 is 0 Å². The number of nitrogens with one attached hydrogen (secondary N) is 1. The Kier molecular flexibility index (Phi) is 3.56. The van der Waals surface area contributed by atoms with E-state index < -0.39 is 0 Å². The maximum atomic E-state index is 3.64. The van der Waals surface area contributed by atoms with E-state index in [0.29, 0.717) is 6.04 Å². The van der Waals surface area contributed by atoms with Crippen molar-refractivity contribution in [1.29, 1.82) is 0 Å². The molecule has 1 aromatic carbocycles. The molecule has 1 aliphatic rings. The predicted molar refractivity (Wildman–Crippen MR) is 78.8 cm³/mol. The smallest absolute Gasteiger partial charge is 0.0701 e. The van der Waals surface area contributed by atoms with E-state index in [0.717, 1.165) is 12.3 Å². The predicted octanol–water partition coefficient (Wildman–Crippen LogP) is 4.45. The zero-order valence-electron chi connectivity index (χ0n) is 9.15. The lowest BCUT2D eigenvalue weighted by Gasteiger charge is -2.12. The van der Waals surface area contributed by atoms with Crippen molar-refractivity contribution in [3.05, 3.63) is 50.6 Å². The fourth-order valence-corrected chi connectivity index (χ4v) is 4.63. The summed E-state index contributed by atoms with van der Waals surface area (Å²) in [6.45, 7) is 0.954. The zero-order chi connectivity index (χ0) is 11.7. The number of fused-ring (bicyclic) bond motifs is 1. The quantitative estimate of drug-likeness (QED) is 0.894. The Bertz CT molecular complexity index is 524. The third kappa shape index (κ3) is 2.60. The minimum absolute atomic E-state index is 0.497. The van der Waals surface area contributed by atoms with E-state index in [4.69, 9.17) is 0 Å². The Morgan fingerprint density at radius 2 is 2.12 bits per heavy atom. The molecule has 1 aliphatic heterocycles. The molecule has 4 heteroatoms. The maximum Gasteiger partial charge on any atom is 0.0701 e. The summed E-state index contributed by atoms with van der Waals surface area (Å²) in [5, 5.41) is 3.64. The molecule has 2 aromatic rings. The van der Waals surface area contributed by atoms with Gasteiger partial charge in [0.2, 0.25) is 0 Å². The molecule has 1 nitrogen and oxygen atoms in total. The van der Waals surface area contributed by atoms with Gasteiger partial charge in [0.15, 0.2) is 0 Å². The molecular formula is C13H12BrNS2. The highest BCUT2D eigenvalue weighted by molar-refractivity contribution is 9.11. The Labute approximate surface area is 118 Å². The fraction of sp³-hybridized carbons (Fsp3) is 0.231. The van der Waals surface area contributed by atoms with Crippen molar-refractivity contribution in [1.82, 2.24) is 5.32 Å². The molecule has 0 saturated heterocycles. The molecule has 88 valence electrons. The van der Waals surface area contributed by atoms with Crippen molar-refractivity contribution in [3.63, 3.8) is 0 Å². The molecule has 0 amide bonds. The van der Waals surface area contributed by atoms with Crippen LogP contribution < -0.4 is 5.32 Å². The first-order valence-electron chi connectivity index (χ1n) is 5.52. The van der Waals surface area contributed by atoms with Crippen molar-refractivity contribution < 1.29 is 0 Å². The van der Waals surface area contributed by atoms with Crippen molar-refractivity contribution in [3.8, 4) is 0 Å². The molecule has 1 unspecified atom stereocenters. The summed E-state index contributed by atoms with van der Waals surface area (Å²) < 4.78 is 1.20. The fourth-order valence-electron chi connectivity index (χ4n) is 2.00. The van der Waals surface area contributed by atoms with Crippen molar-refractivity contribution in [2.24, 2.45) is 0 Å². The first-order chi connectivity index (χ1) is 8.33. The molecule has 0 saturated carbocycles. The maximum absolute atomic E-state index is 3.64. The molecular weight excluding hydrogens is 314 g/mol. The van der Waals surface area contributed by atoms with Gasteiger partial charge in [-0.3, -0.25) is 0 Å². The lowest BCUT2D eigenvalue weighted by atomic mass is 10.1. The van der Waals surface area contributed by atoms with E-state index in [2.05, 4.69) is 57.6 Å². The summed E-state index contributed by atoms with van der Waals surface area (Å²) in [6, 6.07) is 13.5. The van der Waals surface area contributed by atoms with Crippen LogP contribution in [0.1, 0.15) is 16.5 Å². The average molecular weight is 326 g/mol.